The van der Waals surface area contributed by atoms with E-state index in [0.717, 1.165) is 5.56 Å². The molecule has 0 fully saturated rings. The molecule has 0 radical (unpaired) electrons. The Morgan fingerprint density at radius 3 is 2.76 bits per heavy atom. The Morgan fingerprint density at radius 2 is 2.19 bits per heavy atom. The van der Waals surface area contributed by atoms with Crippen molar-refractivity contribution in [3.63, 3.8) is 0 Å². The predicted octanol–water partition coefficient (Wildman–Crippen LogP) is 2.48. The van der Waals surface area contributed by atoms with Crippen molar-refractivity contribution < 1.29 is 9.90 Å². The molecule has 0 spiro atoms. The first kappa shape index (κ1) is 16.9. The number of rotatable bonds is 5. The van der Waals surface area contributed by atoms with Crippen molar-refractivity contribution in [1.29, 1.82) is 5.26 Å². The molecule has 2 N–H and O–H groups in total. The summed E-state index contributed by atoms with van der Waals surface area (Å²) >= 11 is 0. The molecule has 1 aromatic rings. The van der Waals surface area contributed by atoms with E-state index in [0.29, 0.717) is 12.0 Å². The molecule has 0 heterocycles. The summed E-state index contributed by atoms with van der Waals surface area (Å²) in [6, 6.07) is 8.81. The number of hydrogen-bond acceptors (Lipinski definition) is 3. The number of hydrogen-bond donors (Lipinski definition) is 2. The predicted molar refractivity (Wildman–Crippen MR) is 83.3 cm³/mol. The van der Waals surface area contributed by atoms with Crippen LogP contribution in [0.15, 0.2) is 30.3 Å². The lowest BCUT2D eigenvalue weighted by atomic mass is 9.88. The number of carbonyl (C=O) groups excluding carboxylic acids is 1. The fourth-order valence-electron chi connectivity index (χ4n) is 2.03. The molecule has 0 aromatic heterocycles. The van der Waals surface area contributed by atoms with Gasteiger partial charge in [0, 0.05) is 6.08 Å². The molecule has 0 aliphatic heterocycles. The van der Waals surface area contributed by atoms with E-state index in [9.17, 15) is 9.90 Å². The summed E-state index contributed by atoms with van der Waals surface area (Å²) in [5.74, 6) is -0.249. The van der Waals surface area contributed by atoms with Crippen LogP contribution in [0.5, 0.6) is 0 Å². The third kappa shape index (κ3) is 6.73. The van der Waals surface area contributed by atoms with Crippen molar-refractivity contribution in [2.24, 2.45) is 5.41 Å². The van der Waals surface area contributed by atoms with E-state index in [-0.39, 0.29) is 24.0 Å². The molecule has 4 nitrogen and oxygen atoms in total. The third-order valence-electron chi connectivity index (χ3n) is 2.87. The summed E-state index contributed by atoms with van der Waals surface area (Å²) in [7, 11) is 0. The van der Waals surface area contributed by atoms with Crippen molar-refractivity contribution in [3.05, 3.63) is 41.5 Å². The molecule has 1 unspecified atom stereocenters. The highest BCUT2D eigenvalue weighted by Gasteiger charge is 2.18. The second kappa shape index (κ2) is 7.61. The average molecular weight is 286 g/mol. The lowest BCUT2D eigenvalue weighted by Crippen LogP contribution is -2.39. The molecule has 0 aliphatic carbocycles. The summed E-state index contributed by atoms with van der Waals surface area (Å²) in [6.07, 6.45) is 3.77. The monoisotopic (exact) mass is 286 g/mol. The zero-order valence-electron chi connectivity index (χ0n) is 12.8. The molecule has 0 aliphatic rings. The zero-order chi connectivity index (χ0) is 15.9. The van der Waals surface area contributed by atoms with Crippen molar-refractivity contribution in [3.8, 4) is 6.07 Å². The minimum atomic E-state index is -0.257. The van der Waals surface area contributed by atoms with Gasteiger partial charge in [0.05, 0.1) is 24.3 Å². The number of nitrogens with one attached hydrogen (secondary N) is 1. The first-order chi connectivity index (χ1) is 9.84. The quantitative estimate of drug-likeness (QED) is 0.817. The minimum Gasteiger partial charge on any atom is -0.394 e. The van der Waals surface area contributed by atoms with Gasteiger partial charge >= 0.3 is 0 Å². The molecule has 0 saturated heterocycles. The van der Waals surface area contributed by atoms with Crippen molar-refractivity contribution in [1.82, 2.24) is 5.32 Å². The van der Waals surface area contributed by atoms with Crippen LogP contribution in [-0.4, -0.2) is 23.7 Å². The smallest absolute Gasteiger partial charge is 0.244 e. The second-order valence-electron chi connectivity index (χ2n) is 6.22. The number of benzene rings is 1. The van der Waals surface area contributed by atoms with Gasteiger partial charge in [-0.2, -0.15) is 5.26 Å². The Kier molecular flexibility index (Phi) is 6.13. The Hall–Kier alpha value is -2.12. The minimum absolute atomic E-state index is 0.0333. The maximum Gasteiger partial charge on any atom is 0.244 e. The number of nitrogens with zero attached hydrogens (tertiary/aromatic N) is 1. The van der Waals surface area contributed by atoms with Gasteiger partial charge in [-0.1, -0.05) is 32.9 Å². The van der Waals surface area contributed by atoms with Gasteiger partial charge in [0.25, 0.3) is 0 Å². The maximum atomic E-state index is 11.9. The van der Waals surface area contributed by atoms with E-state index in [1.807, 2.05) is 6.07 Å². The van der Waals surface area contributed by atoms with Crippen molar-refractivity contribution in [2.45, 2.75) is 33.2 Å². The van der Waals surface area contributed by atoms with Crippen molar-refractivity contribution >= 4 is 12.0 Å². The first-order valence-corrected chi connectivity index (χ1v) is 6.93. The number of aliphatic hydroxyl groups excluding tert-OH is 1. The maximum absolute atomic E-state index is 11.9. The van der Waals surface area contributed by atoms with E-state index in [2.05, 4.69) is 32.2 Å². The first-order valence-electron chi connectivity index (χ1n) is 6.93. The summed E-state index contributed by atoms with van der Waals surface area (Å²) < 4.78 is 0. The molecule has 0 saturated carbocycles. The molecule has 1 atom stereocenters. The summed E-state index contributed by atoms with van der Waals surface area (Å²) in [5, 5.41) is 20.9. The lowest BCUT2D eigenvalue weighted by Gasteiger charge is -2.24. The Bertz CT molecular complexity index is 551. The van der Waals surface area contributed by atoms with Gasteiger partial charge in [-0.15, -0.1) is 0 Å². The highest BCUT2D eigenvalue weighted by molar-refractivity contribution is 5.91. The Balaban J connectivity index is 2.63. The van der Waals surface area contributed by atoms with Gasteiger partial charge in [0.15, 0.2) is 0 Å². The van der Waals surface area contributed by atoms with Gasteiger partial charge < -0.3 is 10.4 Å². The Morgan fingerprint density at radius 1 is 1.48 bits per heavy atom. The van der Waals surface area contributed by atoms with Crippen LogP contribution in [0.1, 0.15) is 38.3 Å². The normalized spacial score (nSPS) is 12.9. The molecular formula is C17H22N2O2. The van der Waals surface area contributed by atoms with Crippen LogP contribution >= 0.6 is 0 Å². The van der Waals surface area contributed by atoms with E-state index >= 15 is 0 Å². The summed E-state index contributed by atoms with van der Waals surface area (Å²) in [6.45, 7) is 6.10. The lowest BCUT2D eigenvalue weighted by molar-refractivity contribution is -0.117. The van der Waals surface area contributed by atoms with Crippen LogP contribution in [0.3, 0.4) is 0 Å². The van der Waals surface area contributed by atoms with E-state index in [1.54, 1.807) is 24.3 Å². The molecule has 0 bridgehead atoms. The number of nitriles is 1. The zero-order valence-corrected chi connectivity index (χ0v) is 12.8. The fourth-order valence-corrected chi connectivity index (χ4v) is 2.03. The standard InChI is InChI=1S/C17H22N2O2/c1-17(2,3)10-15(12-20)19-16(21)8-7-13-5-4-6-14(9-13)11-18/h4-9,15,20H,10,12H2,1-3H3,(H,19,21)/b8-7+. The number of carbonyl (C=O) groups is 1. The molecule has 4 heteroatoms. The molecule has 112 valence electrons. The molecule has 1 rings (SSSR count). The SMILES string of the molecule is CC(C)(C)CC(CO)NC(=O)/C=C/c1cccc(C#N)c1. The van der Waals surface area contributed by atoms with Gasteiger partial charge in [0.1, 0.15) is 0 Å². The summed E-state index contributed by atoms with van der Waals surface area (Å²) in [5.41, 5.74) is 1.38. The fraction of sp³-hybridized carbons (Fsp3) is 0.412. The van der Waals surface area contributed by atoms with Crippen LogP contribution in [0, 0.1) is 16.7 Å². The van der Waals surface area contributed by atoms with Crippen LogP contribution in [0.25, 0.3) is 6.08 Å². The van der Waals surface area contributed by atoms with Crippen LogP contribution < -0.4 is 5.32 Å². The highest BCUT2D eigenvalue weighted by Crippen LogP contribution is 2.20. The molecule has 21 heavy (non-hydrogen) atoms. The molecule has 1 amide bonds. The Labute approximate surface area is 126 Å². The van der Waals surface area contributed by atoms with Gasteiger partial charge in [0.2, 0.25) is 5.91 Å². The number of amides is 1. The van der Waals surface area contributed by atoms with Gasteiger partial charge in [-0.25, -0.2) is 0 Å². The summed E-state index contributed by atoms with van der Waals surface area (Å²) in [4.78, 5) is 11.9. The van der Waals surface area contributed by atoms with Crippen molar-refractivity contribution in [2.75, 3.05) is 6.61 Å². The van der Waals surface area contributed by atoms with Crippen LogP contribution in [0.2, 0.25) is 0 Å². The third-order valence-corrected chi connectivity index (χ3v) is 2.87. The largest absolute Gasteiger partial charge is 0.394 e. The van der Waals surface area contributed by atoms with Gasteiger partial charge in [-0.3, -0.25) is 4.79 Å². The second-order valence-corrected chi connectivity index (χ2v) is 6.22. The number of aliphatic hydroxyl groups is 1. The van der Waals surface area contributed by atoms with Crippen LogP contribution in [-0.2, 0) is 4.79 Å². The van der Waals surface area contributed by atoms with Gasteiger partial charge in [-0.05, 0) is 35.6 Å². The van der Waals surface area contributed by atoms with E-state index in [4.69, 9.17) is 5.26 Å². The van der Waals surface area contributed by atoms with E-state index < -0.39 is 0 Å². The van der Waals surface area contributed by atoms with E-state index in [1.165, 1.54) is 6.08 Å². The van der Waals surface area contributed by atoms with Crippen LogP contribution in [0.4, 0.5) is 0 Å². The average Bonchev–Trinajstić information content (AvgIpc) is 2.43. The molecular weight excluding hydrogens is 264 g/mol. The highest BCUT2D eigenvalue weighted by atomic mass is 16.3. The topological polar surface area (TPSA) is 73.1 Å². The molecule has 1 aromatic carbocycles.